The Balaban J connectivity index is 1.81. The van der Waals surface area contributed by atoms with Crippen LogP contribution in [0.4, 0.5) is 4.79 Å². The lowest BCUT2D eigenvalue weighted by Gasteiger charge is -2.25. The minimum Gasteiger partial charge on any atom is -0.364 e. The fourth-order valence-corrected chi connectivity index (χ4v) is 2.47. The first kappa shape index (κ1) is 10.3. The molecule has 0 bridgehead atoms. The Hall–Kier alpha value is -1.85. The van der Waals surface area contributed by atoms with Gasteiger partial charge in [-0.3, -0.25) is 9.69 Å². The molecule has 1 aromatic heterocycles. The predicted octanol–water partition coefficient (Wildman–Crippen LogP) is 0.991. The van der Waals surface area contributed by atoms with Gasteiger partial charge in [-0.1, -0.05) is 5.16 Å². The Morgan fingerprint density at radius 3 is 3.00 bits per heavy atom. The molecule has 6 heteroatoms. The number of imide groups is 1. The minimum atomic E-state index is -0.247. The summed E-state index contributed by atoms with van der Waals surface area (Å²) in [5, 5.41) is 3.73. The van der Waals surface area contributed by atoms with Gasteiger partial charge in [0.15, 0.2) is 0 Å². The molecule has 3 rings (SSSR count). The van der Waals surface area contributed by atoms with Crippen LogP contribution < -0.4 is 0 Å². The highest BCUT2D eigenvalue weighted by molar-refractivity contribution is 6.04. The molecule has 3 heterocycles. The van der Waals surface area contributed by atoms with Gasteiger partial charge in [0, 0.05) is 12.6 Å². The van der Waals surface area contributed by atoms with Crippen LogP contribution >= 0.6 is 0 Å². The predicted molar refractivity (Wildman–Crippen MR) is 56.8 cm³/mol. The lowest BCUT2D eigenvalue weighted by Crippen LogP contribution is -2.38. The van der Waals surface area contributed by atoms with Gasteiger partial charge < -0.3 is 9.42 Å². The second kappa shape index (κ2) is 3.87. The molecular weight excluding hydrogens is 222 g/mol. The molecule has 0 radical (unpaired) electrons. The Morgan fingerprint density at radius 2 is 2.29 bits per heavy atom. The molecule has 2 fully saturated rings. The van der Waals surface area contributed by atoms with Gasteiger partial charge in [0.1, 0.15) is 18.0 Å². The largest absolute Gasteiger partial charge is 0.364 e. The summed E-state index contributed by atoms with van der Waals surface area (Å²) in [4.78, 5) is 27.1. The van der Waals surface area contributed by atoms with Crippen LogP contribution in [0.2, 0.25) is 0 Å². The van der Waals surface area contributed by atoms with Crippen molar-refractivity contribution in [3.8, 4) is 0 Å². The number of hydrogen-bond donors (Lipinski definition) is 0. The van der Waals surface area contributed by atoms with E-state index in [1.807, 2.05) is 0 Å². The summed E-state index contributed by atoms with van der Waals surface area (Å²) in [7, 11) is 0. The summed E-state index contributed by atoms with van der Waals surface area (Å²) in [5.74, 6) is -0.0994. The molecule has 6 nitrogen and oxygen atoms in total. The van der Waals surface area contributed by atoms with Crippen molar-refractivity contribution in [2.24, 2.45) is 0 Å². The Kier molecular flexibility index (Phi) is 2.35. The van der Waals surface area contributed by atoms with Crippen molar-refractivity contribution < 1.29 is 14.1 Å². The Morgan fingerprint density at radius 1 is 1.41 bits per heavy atom. The number of carbonyl (C=O) groups excluding carboxylic acids is 2. The van der Waals surface area contributed by atoms with Gasteiger partial charge in [-0.15, -0.1) is 0 Å². The molecule has 2 saturated heterocycles. The van der Waals surface area contributed by atoms with Crippen molar-refractivity contribution >= 4 is 11.9 Å². The fraction of sp³-hybridized carbons (Fsp3) is 0.545. The molecule has 0 aliphatic carbocycles. The van der Waals surface area contributed by atoms with E-state index in [2.05, 4.69) is 5.16 Å². The fourth-order valence-electron chi connectivity index (χ4n) is 2.47. The highest BCUT2D eigenvalue weighted by atomic mass is 16.5. The first-order chi connectivity index (χ1) is 8.27. The average Bonchev–Trinajstić information content (AvgIpc) is 2.94. The zero-order chi connectivity index (χ0) is 11.8. The third-order valence-electron chi connectivity index (χ3n) is 3.34. The van der Waals surface area contributed by atoms with Crippen LogP contribution in [0, 0.1) is 0 Å². The SMILES string of the molecule is O=C1C2CCCCN2C(=O)N1Cc1ccon1. The van der Waals surface area contributed by atoms with Crippen molar-refractivity contribution in [1.29, 1.82) is 0 Å². The van der Waals surface area contributed by atoms with Gasteiger partial charge in [-0.25, -0.2) is 4.79 Å². The van der Waals surface area contributed by atoms with Crippen LogP contribution in [0.3, 0.4) is 0 Å². The maximum Gasteiger partial charge on any atom is 0.327 e. The number of nitrogens with zero attached hydrogens (tertiary/aromatic N) is 3. The summed E-state index contributed by atoms with van der Waals surface area (Å²) in [6, 6.07) is 1.23. The van der Waals surface area contributed by atoms with Crippen molar-refractivity contribution in [3.05, 3.63) is 18.0 Å². The molecular formula is C11H13N3O3. The molecule has 1 unspecified atom stereocenters. The summed E-state index contributed by atoms with van der Waals surface area (Å²) < 4.78 is 4.70. The number of rotatable bonds is 2. The topological polar surface area (TPSA) is 66.7 Å². The molecule has 90 valence electrons. The normalized spacial score (nSPS) is 24.4. The minimum absolute atomic E-state index is 0.0994. The first-order valence-electron chi connectivity index (χ1n) is 5.78. The van der Waals surface area contributed by atoms with Gasteiger partial charge in [-0.2, -0.15) is 0 Å². The van der Waals surface area contributed by atoms with E-state index in [-0.39, 0.29) is 24.5 Å². The lowest BCUT2D eigenvalue weighted by atomic mass is 10.0. The summed E-state index contributed by atoms with van der Waals surface area (Å²) in [6.07, 6.45) is 4.21. The number of piperidine rings is 1. The van der Waals surface area contributed by atoms with Crippen LogP contribution in [0.25, 0.3) is 0 Å². The van der Waals surface area contributed by atoms with Crippen LogP contribution in [0.15, 0.2) is 16.9 Å². The zero-order valence-corrected chi connectivity index (χ0v) is 9.33. The molecule has 1 aromatic rings. The van der Waals surface area contributed by atoms with Gasteiger partial charge >= 0.3 is 6.03 Å². The van der Waals surface area contributed by atoms with Gasteiger partial charge in [0.2, 0.25) is 0 Å². The molecule has 2 aliphatic rings. The van der Waals surface area contributed by atoms with Gasteiger partial charge in [-0.05, 0) is 19.3 Å². The number of fused-ring (bicyclic) bond motifs is 1. The van der Waals surface area contributed by atoms with E-state index in [0.29, 0.717) is 12.2 Å². The highest BCUT2D eigenvalue weighted by Crippen LogP contribution is 2.27. The first-order valence-corrected chi connectivity index (χ1v) is 5.78. The number of hydrogen-bond acceptors (Lipinski definition) is 4. The van der Waals surface area contributed by atoms with E-state index >= 15 is 0 Å². The van der Waals surface area contributed by atoms with E-state index < -0.39 is 0 Å². The van der Waals surface area contributed by atoms with Gasteiger partial charge in [0.25, 0.3) is 5.91 Å². The van der Waals surface area contributed by atoms with E-state index in [1.54, 1.807) is 11.0 Å². The van der Waals surface area contributed by atoms with Gasteiger partial charge in [0.05, 0.1) is 6.54 Å². The lowest BCUT2D eigenvalue weighted by molar-refractivity contribution is -0.129. The van der Waals surface area contributed by atoms with Crippen LogP contribution in [-0.4, -0.2) is 39.5 Å². The quantitative estimate of drug-likeness (QED) is 0.717. The van der Waals surface area contributed by atoms with Crippen LogP contribution in [0.1, 0.15) is 25.0 Å². The second-order valence-corrected chi connectivity index (χ2v) is 4.40. The number of aromatic nitrogens is 1. The Labute approximate surface area is 98.1 Å². The molecule has 17 heavy (non-hydrogen) atoms. The van der Waals surface area contributed by atoms with Crippen LogP contribution in [-0.2, 0) is 11.3 Å². The maximum absolute atomic E-state index is 12.1. The molecule has 0 N–H and O–H groups in total. The second-order valence-electron chi connectivity index (χ2n) is 4.40. The monoisotopic (exact) mass is 235 g/mol. The number of carbonyl (C=O) groups is 2. The standard InChI is InChI=1S/C11H13N3O3/c15-10-9-3-1-2-5-13(9)11(16)14(10)7-8-4-6-17-12-8/h4,6,9H,1-3,5,7H2. The maximum atomic E-state index is 12.1. The smallest absolute Gasteiger partial charge is 0.327 e. The Bertz CT molecular complexity index is 419. The summed E-state index contributed by atoms with van der Waals surface area (Å²) >= 11 is 0. The number of urea groups is 1. The van der Waals surface area contributed by atoms with Crippen LogP contribution in [0.5, 0.6) is 0 Å². The molecule has 1 atom stereocenters. The van der Waals surface area contributed by atoms with Crippen molar-refractivity contribution in [3.63, 3.8) is 0 Å². The molecule has 0 saturated carbocycles. The molecule has 2 aliphatic heterocycles. The molecule has 0 spiro atoms. The van der Waals surface area contributed by atoms with Crippen molar-refractivity contribution in [1.82, 2.24) is 15.0 Å². The van der Waals surface area contributed by atoms with E-state index in [4.69, 9.17) is 4.52 Å². The third-order valence-corrected chi connectivity index (χ3v) is 3.34. The number of amides is 3. The molecule has 3 amide bonds. The van der Waals surface area contributed by atoms with E-state index in [1.165, 1.54) is 11.2 Å². The van der Waals surface area contributed by atoms with Crippen molar-refractivity contribution in [2.75, 3.05) is 6.54 Å². The summed E-state index contributed by atoms with van der Waals surface area (Å²) in [6.45, 7) is 0.895. The zero-order valence-electron chi connectivity index (χ0n) is 9.33. The highest BCUT2D eigenvalue weighted by Gasteiger charge is 2.45. The third kappa shape index (κ3) is 1.60. The van der Waals surface area contributed by atoms with Crippen molar-refractivity contribution in [2.45, 2.75) is 31.8 Å². The summed E-state index contributed by atoms with van der Waals surface area (Å²) in [5.41, 5.74) is 0.603. The van der Waals surface area contributed by atoms with E-state index in [0.717, 1.165) is 19.3 Å². The average molecular weight is 235 g/mol. The van der Waals surface area contributed by atoms with E-state index in [9.17, 15) is 9.59 Å². The molecule has 0 aromatic carbocycles.